The number of ether oxygens (including phenoxy) is 1. The highest BCUT2D eigenvalue weighted by Gasteiger charge is 2.23. The molecule has 7 heteroatoms. The van der Waals surface area contributed by atoms with E-state index >= 15 is 0 Å². The van der Waals surface area contributed by atoms with E-state index in [2.05, 4.69) is 51.5 Å². The molecule has 2 N–H and O–H groups in total. The molecular formula is C21H22N4O3. The fourth-order valence-corrected chi connectivity index (χ4v) is 3.42. The Bertz CT molecular complexity index is 1190. The van der Waals surface area contributed by atoms with Crippen molar-refractivity contribution in [2.24, 2.45) is 0 Å². The Morgan fingerprint density at radius 2 is 1.96 bits per heavy atom. The quantitative estimate of drug-likeness (QED) is 0.563. The van der Waals surface area contributed by atoms with Gasteiger partial charge in [-0.15, -0.1) is 0 Å². The molecule has 4 aromatic rings. The van der Waals surface area contributed by atoms with Crippen LogP contribution >= 0.6 is 0 Å². The summed E-state index contributed by atoms with van der Waals surface area (Å²) in [4.78, 5) is 22.0. The normalized spacial score (nSPS) is 11.9. The number of fused-ring (bicyclic) bond motifs is 1. The Morgan fingerprint density at radius 3 is 2.64 bits per heavy atom. The van der Waals surface area contributed by atoms with Gasteiger partial charge in [-0.25, -0.2) is 9.78 Å². The standard InChI is InChI=1S/C21H22N4O3/c1-21(2,3)18-15(14-9-8-13(27-4)11-17(14)23-18)10-12-6-5-7-16(22-12)19-24-20(26)28-25-19/h5-9,11,23H,10H2,1-4H3,(H,24,25,26). The summed E-state index contributed by atoms with van der Waals surface area (Å²) in [5.74, 6) is 0.547. The van der Waals surface area contributed by atoms with Gasteiger partial charge in [-0.3, -0.25) is 9.51 Å². The fraction of sp³-hybridized carbons (Fsp3) is 0.286. The summed E-state index contributed by atoms with van der Waals surface area (Å²) in [5, 5.41) is 4.87. The van der Waals surface area contributed by atoms with Gasteiger partial charge in [0.25, 0.3) is 0 Å². The third-order valence-electron chi connectivity index (χ3n) is 4.71. The van der Waals surface area contributed by atoms with Crippen LogP contribution in [0.4, 0.5) is 0 Å². The molecule has 0 saturated heterocycles. The molecule has 0 atom stereocenters. The zero-order valence-electron chi connectivity index (χ0n) is 16.3. The lowest BCUT2D eigenvalue weighted by Crippen LogP contribution is -2.14. The van der Waals surface area contributed by atoms with Crippen molar-refractivity contribution in [2.75, 3.05) is 7.11 Å². The molecule has 1 aromatic carbocycles. The smallest absolute Gasteiger partial charge is 0.439 e. The van der Waals surface area contributed by atoms with E-state index in [1.807, 2.05) is 24.3 Å². The molecule has 0 spiro atoms. The second-order valence-corrected chi connectivity index (χ2v) is 7.77. The first kappa shape index (κ1) is 18.0. The summed E-state index contributed by atoms with van der Waals surface area (Å²) in [6.07, 6.45) is 0.648. The molecule has 144 valence electrons. The molecule has 7 nitrogen and oxygen atoms in total. The molecule has 0 aliphatic heterocycles. The monoisotopic (exact) mass is 378 g/mol. The molecule has 4 rings (SSSR count). The Hall–Kier alpha value is -3.35. The van der Waals surface area contributed by atoms with Gasteiger partial charge in [-0.2, -0.15) is 0 Å². The SMILES string of the molecule is COc1ccc2c(Cc3cccc(-c4noc(=O)[nH]4)n3)c(C(C)(C)C)[nH]c2c1. The average Bonchev–Trinajstić information content (AvgIpc) is 3.25. The van der Waals surface area contributed by atoms with Crippen LogP contribution in [-0.2, 0) is 11.8 Å². The maximum Gasteiger partial charge on any atom is 0.439 e. The Morgan fingerprint density at radius 1 is 1.14 bits per heavy atom. The Kier molecular flexibility index (Phi) is 4.30. The number of benzene rings is 1. The third-order valence-corrected chi connectivity index (χ3v) is 4.71. The molecule has 0 saturated carbocycles. The number of methoxy groups -OCH3 is 1. The first-order valence-corrected chi connectivity index (χ1v) is 9.06. The van der Waals surface area contributed by atoms with Crippen LogP contribution in [-0.4, -0.2) is 27.2 Å². The molecule has 0 radical (unpaired) electrons. The average molecular weight is 378 g/mol. The van der Waals surface area contributed by atoms with E-state index in [1.54, 1.807) is 13.2 Å². The van der Waals surface area contributed by atoms with Crippen molar-refractivity contribution in [3.8, 4) is 17.3 Å². The summed E-state index contributed by atoms with van der Waals surface area (Å²) in [5.41, 5.74) is 4.79. The van der Waals surface area contributed by atoms with Gasteiger partial charge in [0.2, 0.25) is 5.82 Å². The minimum Gasteiger partial charge on any atom is -0.497 e. The largest absolute Gasteiger partial charge is 0.497 e. The number of H-pyrrole nitrogens is 2. The molecule has 0 bridgehead atoms. The summed E-state index contributed by atoms with van der Waals surface area (Å²) in [6.45, 7) is 6.55. The molecule has 3 heterocycles. The van der Waals surface area contributed by atoms with Crippen LogP contribution in [0.1, 0.15) is 37.7 Å². The number of hydrogen-bond donors (Lipinski definition) is 2. The van der Waals surface area contributed by atoms with Crippen molar-refractivity contribution in [3.63, 3.8) is 0 Å². The third kappa shape index (κ3) is 3.31. The number of nitrogens with zero attached hydrogens (tertiary/aromatic N) is 2. The lowest BCUT2D eigenvalue weighted by Gasteiger charge is -2.19. The van der Waals surface area contributed by atoms with Crippen LogP contribution in [0, 0.1) is 0 Å². The van der Waals surface area contributed by atoms with Crippen molar-refractivity contribution in [2.45, 2.75) is 32.6 Å². The minimum absolute atomic E-state index is 0.0590. The predicted molar refractivity (Wildman–Crippen MR) is 107 cm³/mol. The Balaban J connectivity index is 1.80. The van der Waals surface area contributed by atoms with Gasteiger partial charge >= 0.3 is 5.76 Å². The van der Waals surface area contributed by atoms with Crippen LogP contribution in [0.3, 0.4) is 0 Å². The van der Waals surface area contributed by atoms with E-state index in [9.17, 15) is 4.79 Å². The van der Waals surface area contributed by atoms with Crippen LogP contribution in [0.15, 0.2) is 45.7 Å². The van der Waals surface area contributed by atoms with E-state index in [4.69, 9.17) is 4.74 Å². The molecule has 28 heavy (non-hydrogen) atoms. The summed E-state index contributed by atoms with van der Waals surface area (Å²) >= 11 is 0. The van der Waals surface area contributed by atoms with Gasteiger partial charge in [0.1, 0.15) is 11.4 Å². The maximum atomic E-state index is 11.2. The van der Waals surface area contributed by atoms with Crippen LogP contribution in [0.5, 0.6) is 5.75 Å². The number of hydrogen-bond acceptors (Lipinski definition) is 5. The van der Waals surface area contributed by atoms with Gasteiger partial charge in [0.05, 0.1) is 7.11 Å². The lowest BCUT2D eigenvalue weighted by atomic mass is 9.87. The highest BCUT2D eigenvalue weighted by molar-refractivity contribution is 5.86. The second kappa shape index (κ2) is 6.67. The van der Waals surface area contributed by atoms with Gasteiger partial charge in [0, 0.05) is 40.2 Å². The van der Waals surface area contributed by atoms with Gasteiger partial charge in [-0.05, 0) is 29.8 Å². The molecule has 3 aromatic heterocycles. The van der Waals surface area contributed by atoms with Gasteiger partial charge in [0.15, 0.2) is 0 Å². The maximum absolute atomic E-state index is 11.2. The van der Waals surface area contributed by atoms with Crippen molar-refractivity contribution in [3.05, 3.63) is 63.9 Å². The molecule has 0 amide bonds. The zero-order valence-corrected chi connectivity index (χ0v) is 16.3. The molecule has 0 aliphatic carbocycles. The van der Waals surface area contributed by atoms with Crippen molar-refractivity contribution < 1.29 is 9.26 Å². The van der Waals surface area contributed by atoms with Crippen molar-refractivity contribution >= 4 is 10.9 Å². The van der Waals surface area contributed by atoms with E-state index in [0.717, 1.165) is 28.0 Å². The lowest BCUT2D eigenvalue weighted by molar-refractivity contribution is 0.387. The van der Waals surface area contributed by atoms with Crippen molar-refractivity contribution in [1.82, 2.24) is 20.1 Å². The number of pyridine rings is 1. The van der Waals surface area contributed by atoms with Crippen LogP contribution < -0.4 is 10.5 Å². The molecular weight excluding hydrogens is 356 g/mol. The molecule has 0 fully saturated rings. The van der Waals surface area contributed by atoms with E-state index in [1.165, 1.54) is 5.56 Å². The number of rotatable bonds is 4. The van der Waals surface area contributed by atoms with Crippen LogP contribution in [0.2, 0.25) is 0 Å². The fourth-order valence-electron chi connectivity index (χ4n) is 3.42. The van der Waals surface area contributed by atoms with Gasteiger partial charge < -0.3 is 9.72 Å². The van der Waals surface area contributed by atoms with E-state index in [-0.39, 0.29) is 5.41 Å². The molecule has 0 unspecified atom stereocenters. The minimum atomic E-state index is -0.595. The first-order chi connectivity index (χ1) is 13.3. The Labute approximate surface area is 161 Å². The van der Waals surface area contributed by atoms with E-state index in [0.29, 0.717) is 17.9 Å². The molecule has 0 aliphatic rings. The number of aromatic nitrogens is 4. The predicted octanol–water partition coefficient (Wildman–Crippen LogP) is 3.80. The number of aromatic amines is 2. The van der Waals surface area contributed by atoms with Gasteiger partial charge in [-0.1, -0.05) is 32.0 Å². The highest BCUT2D eigenvalue weighted by atomic mass is 16.5. The zero-order chi connectivity index (χ0) is 19.9. The summed E-state index contributed by atoms with van der Waals surface area (Å²) < 4.78 is 9.95. The van der Waals surface area contributed by atoms with E-state index < -0.39 is 5.76 Å². The van der Waals surface area contributed by atoms with Crippen molar-refractivity contribution in [1.29, 1.82) is 0 Å². The summed E-state index contributed by atoms with van der Waals surface area (Å²) in [6, 6.07) is 11.7. The van der Waals surface area contributed by atoms with Crippen LogP contribution in [0.25, 0.3) is 22.4 Å². The topological polar surface area (TPSA) is 96.8 Å². The first-order valence-electron chi connectivity index (χ1n) is 9.06. The summed E-state index contributed by atoms with van der Waals surface area (Å²) in [7, 11) is 1.67. The number of nitrogens with one attached hydrogen (secondary N) is 2. The highest BCUT2D eigenvalue weighted by Crippen LogP contribution is 2.34. The second-order valence-electron chi connectivity index (χ2n) is 7.77.